The fourth-order valence-corrected chi connectivity index (χ4v) is 6.30. The highest BCUT2D eigenvalue weighted by Gasteiger charge is 2.50. The molecular formula is C29H26N2O6S. The number of nitro groups is 1. The summed E-state index contributed by atoms with van der Waals surface area (Å²) in [6.07, 6.45) is 0.217. The predicted octanol–water partition coefficient (Wildman–Crippen LogP) is 5.68. The summed E-state index contributed by atoms with van der Waals surface area (Å²) in [7, 11) is 0. The Morgan fingerprint density at radius 1 is 1.11 bits per heavy atom. The SMILES string of the molecule is CCOC(=O)[C@@H]1C(=O)C2=C(C[C@H]1c1cccs1)N(c1ccc(C)cc1)C(=O)C[C@@H]2c1cccc([N+](=O)[O-])c1. The van der Waals surface area contributed by atoms with Crippen molar-refractivity contribution in [3.63, 3.8) is 0 Å². The number of nitro benzene ring substituents is 1. The maximum Gasteiger partial charge on any atom is 0.317 e. The molecule has 3 atom stereocenters. The summed E-state index contributed by atoms with van der Waals surface area (Å²) in [4.78, 5) is 54.6. The van der Waals surface area contributed by atoms with Crippen LogP contribution in [0.5, 0.6) is 0 Å². The van der Waals surface area contributed by atoms with Crippen LogP contribution in [0.4, 0.5) is 11.4 Å². The lowest BCUT2D eigenvalue weighted by Crippen LogP contribution is -2.46. The molecule has 5 rings (SSSR count). The topological polar surface area (TPSA) is 107 Å². The molecule has 1 aliphatic heterocycles. The minimum atomic E-state index is -1.07. The zero-order valence-electron chi connectivity index (χ0n) is 21.0. The van der Waals surface area contributed by atoms with Gasteiger partial charge in [-0.15, -0.1) is 11.3 Å². The van der Waals surface area contributed by atoms with E-state index in [4.69, 9.17) is 4.74 Å². The standard InChI is InChI=1S/C29H26N2O6S/c1-3-37-29(34)27-22(24-8-5-13-38-24)15-23-26(28(27)33)21(18-6-4-7-20(14-18)31(35)36)16-25(32)30(23)19-11-9-17(2)10-12-19/h4-14,21-22,27H,3,15-16H2,1-2H3/t21-,22+,27+/m1/s1. The molecule has 0 saturated heterocycles. The van der Waals surface area contributed by atoms with Crippen LogP contribution >= 0.6 is 11.3 Å². The Morgan fingerprint density at radius 3 is 2.53 bits per heavy atom. The van der Waals surface area contributed by atoms with Crippen molar-refractivity contribution in [1.29, 1.82) is 0 Å². The average molecular weight is 531 g/mol. The molecule has 194 valence electrons. The first-order valence-electron chi connectivity index (χ1n) is 12.4. The number of rotatable bonds is 6. The number of ether oxygens (including phenoxy) is 1. The van der Waals surface area contributed by atoms with Gasteiger partial charge in [0.15, 0.2) is 5.78 Å². The summed E-state index contributed by atoms with van der Waals surface area (Å²) < 4.78 is 5.35. The number of benzene rings is 2. The fraction of sp³-hybridized carbons (Fsp3) is 0.276. The number of nitrogens with zero attached hydrogens (tertiary/aromatic N) is 2. The summed E-state index contributed by atoms with van der Waals surface area (Å²) in [6, 6.07) is 17.3. The maximum atomic E-state index is 14.3. The number of amides is 1. The number of ketones is 1. The number of aryl methyl sites for hydroxylation is 1. The third-order valence-corrected chi connectivity index (χ3v) is 8.15. The maximum absolute atomic E-state index is 14.3. The quantitative estimate of drug-likeness (QED) is 0.176. The third kappa shape index (κ3) is 4.54. The second-order valence-corrected chi connectivity index (χ2v) is 10.4. The van der Waals surface area contributed by atoms with Crippen molar-refractivity contribution in [3.8, 4) is 0 Å². The largest absolute Gasteiger partial charge is 0.465 e. The van der Waals surface area contributed by atoms with Crippen LogP contribution in [0, 0.1) is 23.0 Å². The number of carbonyl (C=O) groups excluding carboxylic acids is 3. The molecule has 0 fully saturated rings. The van der Waals surface area contributed by atoms with E-state index in [0.717, 1.165) is 10.4 Å². The van der Waals surface area contributed by atoms with Crippen molar-refractivity contribution in [2.45, 2.75) is 38.5 Å². The Bertz CT molecular complexity index is 1440. The predicted molar refractivity (Wildman–Crippen MR) is 143 cm³/mol. The molecule has 1 aromatic heterocycles. The van der Waals surface area contributed by atoms with Crippen molar-refractivity contribution in [3.05, 3.63) is 103 Å². The summed E-state index contributed by atoms with van der Waals surface area (Å²) in [6.45, 7) is 3.78. The highest BCUT2D eigenvalue weighted by molar-refractivity contribution is 7.10. The number of esters is 1. The van der Waals surface area contributed by atoms with E-state index in [1.165, 1.54) is 23.5 Å². The molecule has 0 unspecified atom stereocenters. The zero-order chi connectivity index (χ0) is 27.0. The second-order valence-electron chi connectivity index (χ2n) is 9.45. The van der Waals surface area contributed by atoms with Gasteiger partial charge in [-0.2, -0.15) is 0 Å². The van der Waals surface area contributed by atoms with Crippen molar-refractivity contribution >= 4 is 40.4 Å². The number of carbonyl (C=O) groups is 3. The molecule has 1 amide bonds. The van der Waals surface area contributed by atoms with Gasteiger partial charge in [-0.25, -0.2) is 0 Å². The number of Topliss-reactive ketones (excluding diaryl/α,β-unsaturated/α-hetero) is 1. The minimum Gasteiger partial charge on any atom is -0.465 e. The van der Waals surface area contributed by atoms with E-state index in [2.05, 4.69) is 0 Å². The van der Waals surface area contributed by atoms with Crippen LogP contribution in [-0.2, 0) is 19.1 Å². The van der Waals surface area contributed by atoms with Gasteiger partial charge in [0.2, 0.25) is 5.91 Å². The highest BCUT2D eigenvalue weighted by atomic mass is 32.1. The molecule has 0 spiro atoms. The summed E-state index contributed by atoms with van der Waals surface area (Å²) >= 11 is 1.45. The molecule has 0 radical (unpaired) electrons. The number of hydrogen-bond donors (Lipinski definition) is 0. The Labute approximate surface area is 223 Å². The highest BCUT2D eigenvalue weighted by Crippen LogP contribution is 2.50. The van der Waals surface area contributed by atoms with Gasteiger partial charge in [0.1, 0.15) is 5.92 Å². The first kappa shape index (κ1) is 25.5. The average Bonchev–Trinajstić information content (AvgIpc) is 3.44. The molecule has 0 saturated carbocycles. The van der Waals surface area contributed by atoms with Gasteiger partial charge in [0.05, 0.1) is 11.5 Å². The van der Waals surface area contributed by atoms with E-state index in [1.807, 2.05) is 48.7 Å². The summed E-state index contributed by atoms with van der Waals surface area (Å²) in [5.41, 5.74) is 2.91. The van der Waals surface area contributed by atoms with Crippen LogP contribution in [0.1, 0.15) is 47.6 Å². The van der Waals surface area contributed by atoms with E-state index in [0.29, 0.717) is 22.5 Å². The van der Waals surface area contributed by atoms with E-state index in [1.54, 1.807) is 24.0 Å². The van der Waals surface area contributed by atoms with Crippen LogP contribution in [0.25, 0.3) is 0 Å². The molecule has 38 heavy (non-hydrogen) atoms. The smallest absolute Gasteiger partial charge is 0.317 e. The Morgan fingerprint density at radius 2 is 1.87 bits per heavy atom. The van der Waals surface area contributed by atoms with Crippen LogP contribution in [0.15, 0.2) is 77.3 Å². The zero-order valence-corrected chi connectivity index (χ0v) is 21.8. The number of hydrogen-bond acceptors (Lipinski definition) is 7. The van der Waals surface area contributed by atoms with Crippen molar-refractivity contribution in [1.82, 2.24) is 0 Å². The lowest BCUT2D eigenvalue weighted by Gasteiger charge is -2.42. The molecule has 8 nitrogen and oxygen atoms in total. The van der Waals surface area contributed by atoms with Crippen LogP contribution in [0.3, 0.4) is 0 Å². The van der Waals surface area contributed by atoms with Gasteiger partial charge in [-0.3, -0.25) is 29.4 Å². The monoisotopic (exact) mass is 530 g/mol. The van der Waals surface area contributed by atoms with Crippen molar-refractivity contribution in [2.75, 3.05) is 11.5 Å². The molecular weight excluding hydrogens is 504 g/mol. The number of anilines is 1. The third-order valence-electron chi connectivity index (χ3n) is 7.15. The Kier molecular flexibility index (Phi) is 6.94. The molecule has 3 aromatic rings. The van der Waals surface area contributed by atoms with Crippen molar-refractivity contribution < 1.29 is 24.0 Å². The van der Waals surface area contributed by atoms with Crippen LogP contribution in [-0.4, -0.2) is 29.2 Å². The molecule has 2 heterocycles. The number of non-ortho nitro benzene ring substituents is 1. The van der Waals surface area contributed by atoms with Gasteiger partial charge in [0.25, 0.3) is 5.69 Å². The molecule has 9 heteroatoms. The fourth-order valence-electron chi connectivity index (χ4n) is 5.44. The minimum absolute atomic E-state index is 0.0567. The molecule has 2 aromatic carbocycles. The van der Waals surface area contributed by atoms with Gasteiger partial charge >= 0.3 is 5.97 Å². The first-order valence-corrected chi connectivity index (χ1v) is 13.3. The van der Waals surface area contributed by atoms with Gasteiger partial charge in [-0.05, 0) is 49.4 Å². The van der Waals surface area contributed by atoms with E-state index in [-0.39, 0.29) is 31.0 Å². The van der Waals surface area contributed by atoms with Gasteiger partial charge < -0.3 is 4.74 Å². The van der Waals surface area contributed by atoms with Crippen LogP contribution in [0.2, 0.25) is 0 Å². The number of thiophene rings is 1. The Hall–Kier alpha value is -4.11. The summed E-state index contributed by atoms with van der Waals surface area (Å²) in [5, 5.41) is 13.4. The Balaban J connectivity index is 1.72. The molecule has 1 aliphatic carbocycles. The van der Waals surface area contributed by atoms with Gasteiger partial charge in [-0.1, -0.05) is 35.9 Å². The van der Waals surface area contributed by atoms with Crippen LogP contribution < -0.4 is 4.90 Å². The lowest BCUT2D eigenvalue weighted by molar-refractivity contribution is -0.384. The lowest BCUT2D eigenvalue weighted by atomic mass is 9.69. The van der Waals surface area contributed by atoms with E-state index < -0.39 is 34.4 Å². The van der Waals surface area contributed by atoms with Gasteiger partial charge in [0, 0.05) is 52.2 Å². The van der Waals surface area contributed by atoms with Crippen molar-refractivity contribution in [2.24, 2.45) is 5.92 Å². The molecule has 0 bridgehead atoms. The summed E-state index contributed by atoms with van der Waals surface area (Å²) in [5.74, 6) is -3.49. The van der Waals surface area contributed by atoms with E-state index in [9.17, 15) is 24.5 Å². The number of allylic oxidation sites excluding steroid dienone is 2. The first-order chi connectivity index (χ1) is 18.3. The molecule has 0 N–H and O–H groups in total. The molecule has 2 aliphatic rings. The normalized spacial score (nSPS) is 21.3. The van der Waals surface area contributed by atoms with E-state index >= 15 is 0 Å². The second kappa shape index (κ2) is 10.3.